The maximum atomic E-state index is 12.7. The van der Waals surface area contributed by atoms with Gasteiger partial charge in [-0.15, -0.1) is 10.2 Å². The van der Waals surface area contributed by atoms with Gasteiger partial charge in [-0.2, -0.15) is 4.80 Å². The Hall–Kier alpha value is -3.16. The second-order valence-electron chi connectivity index (χ2n) is 6.32. The first-order valence-electron chi connectivity index (χ1n) is 8.66. The Balaban J connectivity index is 1.41. The summed E-state index contributed by atoms with van der Waals surface area (Å²) in [5.74, 6) is 0.774. The van der Waals surface area contributed by atoms with Crippen LogP contribution < -0.4 is 0 Å². The van der Waals surface area contributed by atoms with Crippen LogP contribution in [0.2, 0.25) is 0 Å². The van der Waals surface area contributed by atoms with Gasteiger partial charge in [0.05, 0.1) is 0 Å². The van der Waals surface area contributed by atoms with Crippen molar-refractivity contribution in [1.29, 1.82) is 0 Å². The summed E-state index contributed by atoms with van der Waals surface area (Å²) in [6, 6.07) is 11.5. The fourth-order valence-electron chi connectivity index (χ4n) is 3.22. The number of piperidine rings is 1. The van der Waals surface area contributed by atoms with Gasteiger partial charge in [0.2, 0.25) is 11.7 Å². The van der Waals surface area contributed by atoms with Crippen molar-refractivity contribution >= 4 is 5.91 Å². The van der Waals surface area contributed by atoms with Crippen molar-refractivity contribution in [2.45, 2.75) is 25.3 Å². The predicted octanol–water partition coefficient (Wildman–Crippen LogP) is 1.54. The van der Waals surface area contributed by atoms with E-state index in [0.29, 0.717) is 12.4 Å². The first-order chi connectivity index (χ1) is 12.8. The molecule has 0 aliphatic carbocycles. The number of tetrazole rings is 1. The highest BCUT2D eigenvalue weighted by Crippen LogP contribution is 2.25. The smallest absolute Gasteiger partial charge is 0.246 e. The standard InChI is InChI=1S/C18H19N7O/c26-17(12-25-22-18(21-23-25)14-5-2-1-3-6-14)24-10-4-7-15(11-24)16-8-9-19-13-20-16/h1-3,5-6,8-9,13,15H,4,7,10-12H2/t15-/m1/s1. The second kappa shape index (κ2) is 7.38. The van der Waals surface area contributed by atoms with Crippen molar-refractivity contribution in [3.8, 4) is 11.4 Å². The number of carbonyl (C=O) groups is 1. The highest BCUT2D eigenvalue weighted by molar-refractivity contribution is 5.76. The summed E-state index contributed by atoms with van der Waals surface area (Å²) < 4.78 is 0. The minimum absolute atomic E-state index is 0.000711. The third kappa shape index (κ3) is 3.58. The summed E-state index contributed by atoms with van der Waals surface area (Å²) in [7, 11) is 0. The number of rotatable bonds is 4. The first-order valence-corrected chi connectivity index (χ1v) is 8.66. The maximum absolute atomic E-state index is 12.7. The molecule has 1 saturated heterocycles. The number of hydrogen-bond acceptors (Lipinski definition) is 6. The molecule has 0 spiro atoms. The summed E-state index contributed by atoms with van der Waals surface area (Å²) in [6.45, 7) is 1.51. The second-order valence-corrected chi connectivity index (χ2v) is 6.32. The van der Waals surface area contributed by atoms with Gasteiger partial charge in [-0.25, -0.2) is 9.97 Å². The Bertz CT molecular complexity index is 866. The van der Waals surface area contributed by atoms with Crippen LogP contribution in [-0.4, -0.2) is 54.1 Å². The molecule has 8 heteroatoms. The molecule has 1 fully saturated rings. The maximum Gasteiger partial charge on any atom is 0.246 e. The molecule has 2 aromatic heterocycles. The molecule has 1 aromatic carbocycles. The van der Waals surface area contributed by atoms with E-state index in [4.69, 9.17) is 0 Å². The monoisotopic (exact) mass is 349 g/mol. The van der Waals surface area contributed by atoms with E-state index in [1.165, 1.54) is 4.80 Å². The van der Waals surface area contributed by atoms with Gasteiger partial charge >= 0.3 is 0 Å². The Morgan fingerprint density at radius 1 is 1.19 bits per heavy atom. The van der Waals surface area contributed by atoms with Crippen LogP contribution in [0.25, 0.3) is 11.4 Å². The average Bonchev–Trinajstić information content (AvgIpc) is 3.18. The molecule has 1 atom stereocenters. The summed E-state index contributed by atoms with van der Waals surface area (Å²) in [5.41, 5.74) is 1.87. The Labute approximate surface area is 150 Å². The zero-order valence-corrected chi connectivity index (χ0v) is 14.3. The summed E-state index contributed by atoms with van der Waals surface area (Å²) in [5, 5.41) is 12.4. The van der Waals surface area contributed by atoms with Crippen molar-refractivity contribution in [3.05, 3.63) is 54.6 Å². The van der Waals surface area contributed by atoms with Crippen LogP contribution in [0.5, 0.6) is 0 Å². The van der Waals surface area contributed by atoms with Crippen LogP contribution in [0, 0.1) is 0 Å². The lowest BCUT2D eigenvalue weighted by Crippen LogP contribution is -2.41. The van der Waals surface area contributed by atoms with Crippen molar-refractivity contribution in [1.82, 2.24) is 35.1 Å². The molecule has 4 rings (SSSR count). The van der Waals surface area contributed by atoms with Crippen molar-refractivity contribution in [2.24, 2.45) is 0 Å². The number of likely N-dealkylation sites (tertiary alicyclic amines) is 1. The molecule has 0 bridgehead atoms. The van der Waals surface area contributed by atoms with Gasteiger partial charge in [0.15, 0.2) is 0 Å². The van der Waals surface area contributed by atoms with E-state index in [-0.39, 0.29) is 18.4 Å². The van der Waals surface area contributed by atoms with E-state index in [9.17, 15) is 4.79 Å². The van der Waals surface area contributed by atoms with Gasteiger partial charge in [-0.05, 0) is 24.1 Å². The van der Waals surface area contributed by atoms with Crippen LogP contribution >= 0.6 is 0 Å². The van der Waals surface area contributed by atoms with E-state index >= 15 is 0 Å². The molecule has 0 unspecified atom stereocenters. The fraction of sp³-hybridized carbons (Fsp3) is 0.333. The molecule has 1 aliphatic rings. The highest BCUT2D eigenvalue weighted by Gasteiger charge is 2.26. The quantitative estimate of drug-likeness (QED) is 0.710. The van der Waals surface area contributed by atoms with Crippen molar-refractivity contribution in [2.75, 3.05) is 13.1 Å². The van der Waals surface area contributed by atoms with Crippen LogP contribution in [0.1, 0.15) is 24.5 Å². The summed E-state index contributed by atoms with van der Waals surface area (Å²) in [6.07, 6.45) is 5.29. The van der Waals surface area contributed by atoms with Gasteiger partial charge in [0, 0.05) is 36.5 Å². The van der Waals surface area contributed by atoms with Gasteiger partial charge in [-0.3, -0.25) is 4.79 Å². The molecule has 0 radical (unpaired) electrons. The number of hydrogen-bond donors (Lipinski definition) is 0. The van der Waals surface area contributed by atoms with Crippen LogP contribution in [0.3, 0.4) is 0 Å². The number of carbonyl (C=O) groups excluding carboxylic acids is 1. The van der Waals surface area contributed by atoms with E-state index in [1.807, 2.05) is 41.3 Å². The average molecular weight is 349 g/mol. The van der Waals surface area contributed by atoms with Crippen LogP contribution in [-0.2, 0) is 11.3 Å². The molecular weight excluding hydrogens is 330 g/mol. The van der Waals surface area contributed by atoms with E-state index in [0.717, 1.165) is 30.6 Å². The molecule has 8 nitrogen and oxygen atoms in total. The SMILES string of the molecule is O=C(Cn1nnc(-c2ccccc2)n1)N1CCC[C@@H](c2ccncn2)C1. The van der Waals surface area contributed by atoms with Crippen LogP contribution in [0.4, 0.5) is 0 Å². The minimum atomic E-state index is 0.000711. The summed E-state index contributed by atoms with van der Waals surface area (Å²) in [4.78, 5) is 24.2. The molecular formula is C18H19N7O. The van der Waals surface area contributed by atoms with Gasteiger partial charge < -0.3 is 4.90 Å². The third-order valence-electron chi connectivity index (χ3n) is 4.56. The van der Waals surface area contributed by atoms with Crippen molar-refractivity contribution < 1.29 is 4.79 Å². The first kappa shape index (κ1) is 16.3. The van der Waals surface area contributed by atoms with Gasteiger partial charge in [0.25, 0.3) is 0 Å². The predicted molar refractivity (Wildman–Crippen MR) is 93.8 cm³/mol. The third-order valence-corrected chi connectivity index (χ3v) is 4.56. The zero-order valence-electron chi connectivity index (χ0n) is 14.3. The molecule has 0 N–H and O–H groups in total. The number of nitrogens with zero attached hydrogens (tertiary/aromatic N) is 7. The Morgan fingerprint density at radius 2 is 2.08 bits per heavy atom. The molecule has 1 aliphatic heterocycles. The highest BCUT2D eigenvalue weighted by atomic mass is 16.2. The lowest BCUT2D eigenvalue weighted by molar-refractivity contribution is -0.133. The number of amides is 1. The van der Waals surface area contributed by atoms with E-state index < -0.39 is 0 Å². The fourth-order valence-corrected chi connectivity index (χ4v) is 3.22. The molecule has 3 aromatic rings. The largest absolute Gasteiger partial charge is 0.340 e. The number of aromatic nitrogens is 6. The molecule has 0 saturated carbocycles. The van der Waals surface area contributed by atoms with E-state index in [2.05, 4.69) is 25.4 Å². The Kier molecular flexibility index (Phi) is 4.63. The lowest BCUT2D eigenvalue weighted by atomic mass is 9.94. The minimum Gasteiger partial charge on any atom is -0.340 e. The van der Waals surface area contributed by atoms with Crippen molar-refractivity contribution in [3.63, 3.8) is 0 Å². The molecule has 1 amide bonds. The van der Waals surface area contributed by atoms with Gasteiger partial charge in [0.1, 0.15) is 12.9 Å². The van der Waals surface area contributed by atoms with Crippen LogP contribution in [0.15, 0.2) is 48.9 Å². The van der Waals surface area contributed by atoms with Gasteiger partial charge in [-0.1, -0.05) is 30.3 Å². The lowest BCUT2D eigenvalue weighted by Gasteiger charge is -2.32. The zero-order chi connectivity index (χ0) is 17.8. The normalized spacial score (nSPS) is 17.2. The molecule has 132 valence electrons. The molecule has 26 heavy (non-hydrogen) atoms. The topological polar surface area (TPSA) is 89.7 Å². The number of benzene rings is 1. The molecule has 3 heterocycles. The van der Waals surface area contributed by atoms with E-state index in [1.54, 1.807) is 12.5 Å². The Morgan fingerprint density at radius 3 is 2.88 bits per heavy atom. The summed E-state index contributed by atoms with van der Waals surface area (Å²) >= 11 is 0.